The molecule has 1 N–H and O–H groups in total. The van der Waals surface area contributed by atoms with Crippen molar-refractivity contribution in [2.75, 3.05) is 6.54 Å². The number of nitrogens with one attached hydrogen (secondary N) is 1. The van der Waals surface area contributed by atoms with E-state index in [9.17, 15) is 4.79 Å². The van der Waals surface area contributed by atoms with Gasteiger partial charge in [-0.3, -0.25) is 4.79 Å². The van der Waals surface area contributed by atoms with Crippen molar-refractivity contribution in [2.24, 2.45) is 0 Å². The van der Waals surface area contributed by atoms with Gasteiger partial charge in [-0.05, 0) is 37.8 Å². The number of fused-ring (bicyclic) bond motifs is 1. The van der Waals surface area contributed by atoms with Crippen molar-refractivity contribution < 1.29 is 4.79 Å². The van der Waals surface area contributed by atoms with E-state index in [0.29, 0.717) is 18.4 Å². The molecule has 100 valence electrons. The Labute approximate surface area is 113 Å². The Morgan fingerprint density at radius 2 is 2.16 bits per heavy atom. The number of rotatable bonds is 5. The fraction of sp³-hybridized carbons (Fsp3) is 0.438. The van der Waals surface area contributed by atoms with Crippen LogP contribution in [0, 0.1) is 0 Å². The number of amides is 1. The first kappa shape index (κ1) is 12.3. The molecule has 1 aromatic heterocycles. The molecular weight excluding hydrogens is 236 g/mol. The lowest BCUT2D eigenvalue weighted by Crippen LogP contribution is -2.32. The summed E-state index contributed by atoms with van der Waals surface area (Å²) in [5, 5.41) is 1.24. The Balaban J connectivity index is 1.67. The van der Waals surface area contributed by atoms with Crippen LogP contribution in [0.15, 0.2) is 30.5 Å². The number of nitrogens with zero attached hydrogens (tertiary/aromatic N) is 1. The van der Waals surface area contributed by atoms with Gasteiger partial charge in [0.25, 0.3) is 0 Å². The van der Waals surface area contributed by atoms with Gasteiger partial charge in [-0.15, -0.1) is 0 Å². The Morgan fingerprint density at radius 1 is 1.37 bits per heavy atom. The third-order valence-corrected chi connectivity index (χ3v) is 3.93. The predicted octanol–water partition coefficient (Wildman–Crippen LogP) is 3.11. The van der Waals surface area contributed by atoms with Gasteiger partial charge in [0.05, 0.1) is 0 Å². The number of carbonyl (C=O) groups excluding carboxylic acids is 1. The molecule has 0 aliphatic heterocycles. The molecule has 1 amide bonds. The van der Waals surface area contributed by atoms with Gasteiger partial charge >= 0.3 is 0 Å². The van der Waals surface area contributed by atoms with Crippen molar-refractivity contribution in [3.8, 4) is 0 Å². The zero-order valence-electron chi connectivity index (χ0n) is 11.4. The molecule has 0 unspecified atom stereocenters. The van der Waals surface area contributed by atoms with Crippen LogP contribution < -0.4 is 0 Å². The molecule has 0 spiro atoms. The molecule has 3 rings (SSSR count). The van der Waals surface area contributed by atoms with Crippen LogP contribution >= 0.6 is 0 Å². The average Bonchev–Trinajstić information content (AvgIpc) is 3.18. The van der Waals surface area contributed by atoms with E-state index >= 15 is 0 Å². The van der Waals surface area contributed by atoms with Crippen LogP contribution in [0.1, 0.15) is 31.7 Å². The van der Waals surface area contributed by atoms with Gasteiger partial charge in [-0.25, -0.2) is 0 Å². The highest BCUT2D eigenvalue weighted by atomic mass is 16.2. The Hall–Kier alpha value is -1.77. The highest BCUT2D eigenvalue weighted by Crippen LogP contribution is 2.27. The van der Waals surface area contributed by atoms with E-state index in [1.54, 1.807) is 0 Å². The third kappa shape index (κ3) is 2.50. The number of hydrogen-bond acceptors (Lipinski definition) is 1. The summed E-state index contributed by atoms with van der Waals surface area (Å²) in [6, 6.07) is 8.79. The van der Waals surface area contributed by atoms with Crippen LogP contribution in [0.3, 0.4) is 0 Å². The lowest BCUT2D eigenvalue weighted by Gasteiger charge is -2.20. The molecule has 3 nitrogen and oxygen atoms in total. The molecule has 3 heteroatoms. The van der Waals surface area contributed by atoms with E-state index in [2.05, 4.69) is 24.0 Å². The van der Waals surface area contributed by atoms with E-state index in [4.69, 9.17) is 0 Å². The van der Waals surface area contributed by atoms with Crippen molar-refractivity contribution in [1.29, 1.82) is 0 Å². The molecule has 1 aliphatic rings. The molecule has 0 bridgehead atoms. The molecule has 1 heterocycles. The van der Waals surface area contributed by atoms with Gasteiger partial charge in [0.15, 0.2) is 0 Å². The highest BCUT2D eigenvalue weighted by Gasteiger charge is 2.30. The fourth-order valence-electron chi connectivity index (χ4n) is 2.75. The minimum Gasteiger partial charge on any atom is -0.361 e. The number of para-hydroxylation sites is 1. The van der Waals surface area contributed by atoms with E-state index in [1.165, 1.54) is 23.8 Å². The van der Waals surface area contributed by atoms with Gasteiger partial charge in [0.2, 0.25) is 5.91 Å². The summed E-state index contributed by atoms with van der Waals surface area (Å²) in [7, 11) is 0. The van der Waals surface area contributed by atoms with E-state index in [-0.39, 0.29) is 0 Å². The predicted molar refractivity (Wildman–Crippen MR) is 77.0 cm³/mol. The van der Waals surface area contributed by atoms with Crippen molar-refractivity contribution in [3.63, 3.8) is 0 Å². The molecule has 1 aliphatic carbocycles. The standard InChI is InChI=1S/C16H20N2O/c1-2-18(13-8-9-13)16(19)10-7-12-11-17-15-6-4-3-5-14(12)15/h3-6,11,13,17H,2,7-10H2,1H3. The van der Waals surface area contributed by atoms with E-state index in [1.807, 2.05) is 23.2 Å². The first-order chi connectivity index (χ1) is 9.29. The maximum atomic E-state index is 12.2. The summed E-state index contributed by atoms with van der Waals surface area (Å²) < 4.78 is 0. The number of carbonyl (C=O) groups is 1. The van der Waals surface area contributed by atoms with Gasteiger partial charge in [-0.1, -0.05) is 18.2 Å². The lowest BCUT2D eigenvalue weighted by atomic mass is 10.1. The number of aryl methyl sites for hydroxylation is 1. The van der Waals surface area contributed by atoms with Crippen LogP contribution in [0.4, 0.5) is 0 Å². The molecule has 19 heavy (non-hydrogen) atoms. The zero-order chi connectivity index (χ0) is 13.2. The van der Waals surface area contributed by atoms with Crippen LogP contribution in [0.25, 0.3) is 10.9 Å². The van der Waals surface area contributed by atoms with Gasteiger partial charge in [-0.2, -0.15) is 0 Å². The SMILES string of the molecule is CCN(C(=O)CCc1c[nH]c2ccccc12)C1CC1. The fourth-order valence-corrected chi connectivity index (χ4v) is 2.75. The number of benzene rings is 1. The first-order valence-electron chi connectivity index (χ1n) is 7.14. The number of aromatic amines is 1. The molecule has 1 fully saturated rings. The van der Waals surface area contributed by atoms with Crippen molar-refractivity contribution in [1.82, 2.24) is 9.88 Å². The zero-order valence-corrected chi connectivity index (χ0v) is 11.4. The lowest BCUT2D eigenvalue weighted by molar-refractivity contribution is -0.131. The largest absolute Gasteiger partial charge is 0.361 e. The smallest absolute Gasteiger partial charge is 0.223 e. The van der Waals surface area contributed by atoms with Gasteiger partial charge < -0.3 is 9.88 Å². The summed E-state index contributed by atoms with van der Waals surface area (Å²) in [6.45, 7) is 2.92. The maximum Gasteiger partial charge on any atom is 0.223 e. The highest BCUT2D eigenvalue weighted by molar-refractivity contribution is 5.84. The Morgan fingerprint density at radius 3 is 2.89 bits per heavy atom. The summed E-state index contributed by atoms with van der Waals surface area (Å²) >= 11 is 0. The average molecular weight is 256 g/mol. The van der Waals surface area contributed by atoms with Crippen LogP contribution in [0.2, 0.25) is 0 Å². The van der Waals surface area contributed by atoms with Crippen molar-refractivity contribution >= 4 is 16.8 Å². The number of H-pyrrole nitrogens is 1. The second-order valence-electron chi connectivity index (χ2n) is 5.27. The molecular formula is C16H20N2O. The van der Waals surface area contributed by atoms with Crippen molar-refractivity contribution in [3.05, 3.63) is 36.0 Å². The van der Waals surface area contributed by atoms with E-state index in [0.717, 1.165) is 18.5 Å². The Bertz CT molecular complexity index is 583. The number of hydrogen-bond donors (Lipinski definition) is 1. The molecule has 1 aromatic carbocycles. The topological polar surface area (TPSA) is 36.1 Å². The minimum absolute atomic E-state index is 0.301. The monoisotopic (exact) mass is 256 g/mol. The second-order valence-corrected chi connectivity index (χ2v) is 5.27. The van der Waals surface area contributed by atoms with Gasteiger partial charge in [0, 0.05) is 36.1 Å². The molecule has 2 aromatic rings. The normalized spacial score (nSPS) is 14.8. The first-order valence-corrected chi connectivity index (χ1v) is 7.14. The minimum atomic E-state index is 0.301. The van der Waals surface area contributed by atoms with Crippen LogP contribution in [-0.2, 0) is 11.2 Å². The summed E-state index contributed by atoms with van der Waals surface area (Å²) in [4.78, 5) is 17.5. The van der Waals surface area contributed by atoms with E-state index < -0.39 is 0 Å². The summed E-state index contributed by atoms with van der Waals surface area (Å²) in [5.41, 5.74) is 2.40. The quantitative estimate of drug-likeness (QED) is 0.876. The molecule has 0 saturated heterocycles. The maximum absolute atomic E-state index is 12.2. The van der Waals surface area contributed by atoms with Crippen molar-refractivity contribution in [2.45, 2.75) is 38.6 Å². The Kier molecular flexibility index (Phi) is 3.28. The second kappa shape index (κ2) is 5.08. The number of aromatic nitrogens is 1. The molecule has 1 saturated carbocycles. The summed E-state index contributed by atoms with van der Waals surface area (Å²) in [6.07, 6.45) is 5.85. The van der Waals surface area contributed by atoms with Crippen LogP contribution in [-0.4, -0.2) is 28.4 Å². The summed E-state index contributed by atoms with van der Waals surface area (Å²) in [5.74, 6) is 0.301. The third-order valence-electron chi connectivity index (χ3n) is 3.93. The van der Waals surface area contributed by atoms with Crippen LogP contribution in [0.5, 0.6) is 0 Å². The molecule has 0 radical (unpaired) electrons. The van der Waals surface area contributed by atoms with Gasteiger partial charge in [0.1, 0.15) is 0 Å². The molecule has 0 atom stereocenters.